The van der Waals surface area contributed by atoms with Gasteiger partial charge in [0.25, 0.3) is 0 Å². The summed E-state index contributed by atoms with van der Waals surface area (Å²) in [6.45, 7) is 0.295. The fraction of sp³-hybridized carbons (Fsp3) is 0.222. The Kier molecular flexibility index (Phi) is 3.44. The first-order valence-corrected chi connectivity index (χ1v) is 4.26. The highest BCUT2D eigenvalue weighted by Crippen LogP contribution is 2.28. The third kappa shape index (κ3) is 2.28. The van der Waals surface area contributed by atoms with E-state index >= 15 is 0 Å². The fourth-order valence-electron chi connectivity index (χ4n) is 1.31. The summed E-state index contributed by atoms with van der Waals surface area (Å²) in [7, 11) is 0. The van der Waals surface area contributed by atoms with Crippen LogP contribution in [0.2, 0.25) is 0 Å². The molecule has 3 nitrogen and oxygen atoms in total. The molecule has 2 N–H and O–H groups in total. The summed E-state index contributed by atoms with van der Waals surface area (Å²) >= 11 is 0. The molecule has 0 aliphatic rings. The van der Waals surface area contributed by atoms with Crippen molar-refractivity contribution in [2.75, 3.05) is 0 Å². The van der Waals surface area contributed by atoms with Crippen molar-refractivity contribution in [1.82, 2.24) is 9.61 Å². The van der Waals surface area contributed by atoms with E-state index in [1.54, 1.807) is 12.1 Å². The van der Waals surface area contributed by atoms with Gasteiger partial charge in [-0.25, -0.2) is 4.52 Å². The van der Waals surface area contributed by atoms with E-state index in [4.69, 9.17) is 5.73 Å². The van der Waals surface area contributed by atoms with Gasteiger partial charge >= 0.3 is 6.18 Å². The van der Waals surface area contributed by atoms with Crippen molar-refractivity contribution in [3.8, 4) is 0 Å². The third-order valence-corrected chi connectivity index (χ3v) is 2.05. The van der Waals surface area contributed by atoms with Crippen molar-refractivity contribution in [1.29, 1.82) is 0 Å². The standard InChI is InChI=1S/C9H8F3N3.ClH/c10-9(11,12)8-4-7-3-6(5-13)1-2-15(7)14-8;/h1-4H,5,13H2;1H. The second kappa shape index (κ2) is 4.31. The van der Waals surface area contributed by atoms with Gasteiger partial charge in [-0.05, 0) is 23.8 Å². The molecule has 7 heteroatoms. The summed E-state index contributed by atoms with van der Waals surface area (Å²) in [5.41, 5.74) is 5.66. The Balaban J connectivity index is 0.00000128. The van der Waals surface area contributed by atoms with Crippen LogP contribution in [0.25, 0.3) is 5.52 Å². The predicted octanol–water partition coefficient (Wildman–Crippen LogP) is 2.23. The van der Waals surface area contributed by atoms with Gasteiger partial charge in [-0.3, -0.25) is 0 Å². The molecule has 0 atom stereocenters. The molecular formula is C9H9ClF3N3. The van der Waals surface area contributed by atoms with Crippen LogP contribution in [0.3, 0.4) is 0 Å². The molecule has 0 amide bonds. The largest absolute Gasteiger partial charge is 0.435 e. The molecule has 0 saturated heterocycles. The zero-order valence-corrected chi connectivity index (χ0v) is 8.85. The van der Waals surface area contributed by atoms with Gasteiger partial charge in [0, 0.05) is 12.7 Å². The summed E-state index contributed by atoms with van der Waals surface area (Å²) in [5, 5.41) is 3.41. The van der Waals surface area contributed by atoms with Gasteiger partial charge in [-0.2, -0.15) is 18.3 Å². The van der Waals surface area contributed by atoms with Crippen molar-refractivity contribution in [3.63, 3.8) is 0 Å². The zero-order chi connectivity index (χ0) is 11.1. The molecule has 2 heterocycles. The van der Waals surface area contributed by atoms with E-state index in [0.717, 1.165) is 11.6 Å². The third-order valence-electron chi connectivity index (χ3n) is 2.05. The number of rotatable bonds is 1. The molecule has 0 fully saturated rings. The molecule has 2 rings (SSSR count). The summed E-state index contributed by atoms with van der Waals surface area (Å²) in [6, 6.07) is 4.22. The minimum Gasteiger partial charge on any atom is -0.326 e. The fourth-order valence-corrected chi connectivity index (χ4v) is 1.31. The molecule has 0 unspecified atom stereocenters. The van der Waals surface area contributed by atoms with Gasteiger partial charge in [0.2, 0.25) is 0 Å². The van der Waals surface area contributed by atoms with Crippen LogP contribution in [0.15, 0.2) is 24.4 Å². The molecular weight excluding hydrogens is 243 g/mol. The van der Waals surface area contributed by atoms with Gasteiger partial charge in [-0.1, -0.05) is 0 Å². The van der Waals surface area contributed by atoms with E-state index in [9.17, 15) is 13.2 Å². The Morgan fingerprint density at radius 3 is 2.56 bits per heavy atom. The molecule has 2 aromatic heterocycles. The van der Waals surface area contributed by atoms with Gasteiger partial charge < -0.3 is 5.73 Å². The number of hydrogen-bond donors (Lipinski definition) is 1. The quantitative estimate of drug-likeness (QED) is 0.845. The van der Waals surface area contributed by atoms with Crippen LogP contribution in [0.5, 0.6) is 0 Å². The van der Waals surface area contributed by atoms with Gasteiger partial charge in [-0.15, -0.1) is 12.4 Å². The van der Waals surface area contributed by atoms with E-state index in [2.05, 4.69) is 5.10 Å². The molecule has 2 aromatic rings. The SMILES string of the molecule is Cl.NCc1ccn2nc(C(F)(F)F)cc2c1. The maximum atomic E-state index is 12.3. The Morgan fingerprint density at radius 2 is 2.00 bits per heavy atom. The number of halogens is 4. The number of alkyl halides is 3. The molecule has 0 spiro atoms. The normalized spacial score (nSPS) is 11.5. The number of fused-ring (bicyclic) bond motifs is 1. The van der Waals surface area contributed by atoms with E-state index in [0.29, 0.717) is 12.1 Å². The molecule has 16 heavy (non-hydrogen) atoms. The van der Waals surface area contributed by atoms with Gasteiger partial charge in [0.15, 0.2) is 5.69 Å². The summed E-state index contributed by atoms with van der Waals surface area (Å²) in [6.07, 6.45) is -2.94. The minimum atomic E-state index is -4.41. The van der Waals surface area contributed by atoms with Crippen LogP contribution in [0, 0.1) is 0 Å². The van der Waals surface area contributed by atoms with Crippen LogP contribution in [-0.2, 0) is 12.7 Å². The summed E-state index contributed by atoms with van der Waals surface area (Å²) in [4.78, 5) is 0. The molecule has 0 aromatic carbocycles. The predicted molar refractivity (Wildman–Crippen MR) is 55.3 cm³/mol. The highest BCUT2D eigenvalue weighted by Gasteiger charge is 2.33. The second-order valence-electron chi connectivity index (χ2n) is 3.14. The maximum absolute atomic E-state index is 12.3. The van der Waals surface area contributed by atoms with Crippen molar-refractivity contribution in [2.45, 2.75) is 12.7 Å². The smallest absolute Gasteiger partial charge is 0.326 e. The van der Waals surface area contributed by atoms with E-state index < -0.39 is 11.9 Å². The first-order valence-electron chi connectivity index (χ1n) is 4.26. The molecule has 0 aliphatic carbocycles. The molecule has 0 radical (unpaired) electrons. The lowest BCUT2D eigenvalue weighted by atomic mass is 10.2. The number of nitrogens with two attached hydrogens (primary N) is 1. The molecule has 0 bridgehead atoms. The highest BCUT2D eigenvalue weighted by atomic mass is 35.5. The zero-order valence-electron chi connectivity index (χ0n) is 8.03. The molecule has 0 aliphatic heterocycles. The topological polar surface area (TPSA) is 43.3 Å². The Morgan fingerprint density at radius 1 is 1.31 bits per heavy atom. The first-order chi connectivity index (χ1) is 7.00. The van der Waals surface area contributed by atoms with Crippen molar-refractivity contribution >= 4 is 17.9 Å². The average molecular weight is 252 g/mol. The lowest BCUT2D eigenvalue weighted by molar-refractivity contribution is -0.141. The lowest BCUT2D eigenvalue weighted by Gasteiger charge is -1.98. The minimum absolute atomic E-state index is 0. The van der Waals surface area contributed by atoms with Crippen LogP contribution >= 0.6 is 12.4 Å². The van der Waals surface area contributed by atoms with Crippen LogP contribution in [0.4, 0.5) is 13.2 Å². The van der Waals surface area contributed by atoms with Crippen LogP contribution in [0.1, 0.15) is 11.3 Å². The number of aromatic nitrogens is 2. The van der Waals surface area contributed by atoms with Crippen molar-refractivity contribution in [2.24, 2.45) is 5.73 Å². The number of nitrogens with zero attached hydrogens (tertiary/aromatic N) is 2. The monoisotopic (exact) mass is 251 g/mol. The Bertz CT molecular complexity index is 492. The first kappa shape index (κ1) is 12.8. The Hall–Kier alpha value is -1.27. The summed E-state index contributed by atoms with van der Waals surface area (Å²) < 4.78 is 38.1. The van der Waals surface area contributed by atoms with Crippen LogP contribution in [-0.4, -0.2) is 9.61 Å². The van der Waals surface area contributed by atoms with E-state index in [1.807, 2.05) is 0 Å². The number of hydrogen-bond acceptors (Lipinski definition) is 2. The maximum Gasteiger partial charge on any atom is 0.435 e. The molecule has 0 saturated carbocycles. The Labute approximate surface area is 95.5 Å². The summed E-state index contributed by atoms with van der Waals surface area (Å²) in [5.74, 6) is 0. The van der Waals surface area contributed by atoms with Crippen molar-refractivity contribution in [3.05, 3.63) is 35.7 Å². The lowest BCUT2D eigenvalue weighted by Crippen LogP contribution is -2.05. The van der Waals surface area contributed by atoms with Gasteiger partial charge in [0.05, 0.1) is 5.52 Å². The van der Waals surface area contributed by atoms with Gasteiger partial charge in [0.1, 0.15) is 0 Å². The number of pyridine rings is 1. The van der Waals surface area contributed by atoms with Crippen molar-refractivity contribution < 1.29 is 13.2 Å². The average Bonchev–Trinajstić information content (AvgIpc) is 2.59. The highest BCUT2D eigenvalue weighted by molar-refractivity contribution is 5.85. The van der Waals surface area contributed by atoms with Crippen LogP contribution < -0.4 is 5.73 Å². The van der Waals surface area contributed by atoms with E-state index in [1.165, 1.54) is 10.7 Å². The van der Waals surface area contributed by atoms with E-state index in [-0.39, 0.29) is 12.4 Å². The second-order valence-corrected chi connectivity index (χ2v) is 3.14. The molecule has 88 valence electrons.